The van der Waals surface area contributed by atoms with Crippen LogP contribution < -0.4 is 9.64 Å². The number of hydrogen-bond donors (Lipinski definition) is 1. The van der Waals surface area contributed by atoms with Crippen LogP contribution in [0.15, 0.2) is 12.3 Å². The second-order valence-corrected chi connectivity index (χ2v) is 7.32. The van der Waals surface area contributed by atoms with Gasteiger partial charge in [0.05, 0.1) is 13.2 Å². The van der Waals surface area contributed by atoms with Gasteiger partial charge < -0.3 is 19.6 Å². The molecule has 1 N–H and O–H groups in total. The van der Waals surface area contributed by atoms with E-state index >= 15 is 0 Å². The molecule has 0 aromatic carbocycles. The molecule has 2 aliphatic heterocycles. The Morgan fingerprint density at radius 3 is 2.40 bits per heavy atom. The number of aliphatic hydroxyl groups is 1. The fourth-order valence-corrected chi connectivity index (χ4v) is 3.63. The Bertz CT molecular complexity index is 528. The highest BCUT2D eigenvalue weighted by atomic mass is 16.5. The van der Waals surface area contributed by atoms with E-state index in [1.165, 1.54) is 12.8 Å². The van der Waals surface area contributed by atoms with Gasteiger partial charge in [0.15, 0.2) is 0 Å². The number of aliphatic hydroxyl groups excluding tert-OH is 1. The Morgan fingerprint density at radius 2 is 1.76 bits per heavy atom. The number of anilines is 1. The van der Waals surface area contributed by atoms with Crippen LogP contribution in [0, 0.1) is 5.92 Å². The van der Waals surface area contributed by atoms with E-state index in [9.17, 15) is 5.11 Å². The number of ether oxygens (including phenoxy) is 1. The highest BCUT2D eigenvalue weighted by molar-refractivity contribution is 5.32. The minimum atomic E-state index is -0.270. The second kappa shape index (κ2) is 8.78. The minimum absolute atomic E-state index is 0.270. The van der Waals surface area contributed by atoms with Crippen molar-refractivity contribution in [3.63, 3.8) is 0 Å². The molecular weight excluding hydrogens is 318 g/mol. The van der Waals surface area contributed by atoms with Gasteiger partial charge in [-0.05, 0) is 31.8 Å². The lowest BCUT2D eigenvalue weighted by Crippen LogP contribution is -2.50. The molecule has 1 atom stereocenters. The van der Waals surface area contributed by atoms with Crippen LogP contribution in [0.1, 0.15) is 19.8 Å². The van der Waals surface area contributed by atoms with Gasteiger partial charge >= 0.3 is 0 Å². The lowest BCUT2D eigenvalue weighted by atomic mass is 9.99. The molecule has 0 amide bonds. The summed E-state index contributed by atoms with van der Waals surface area (Å²) < 4.78 is 5.17. The van der Waals surface area contributed by atoms with Gasteiger partial charge in [-0.25, -0.2) is 4.98 Å². The van der Waals surface area contributed by atoms with Crippen molar-refractivity contribution in [2.75, 3.05) is 64.4 Å². The molecule has 2 saturated heterocycles. The Kier molecular flexibility index (Phi) is 6.45. The summed E-state index contributed by atoms with van der Waals surface area (Å²) in [6.07, 6.45) is 3.97. The molecule has 0 spiro atoms. The maximum atomic E-state index is 10.4. The van der Waals surface area contributed by atoms with Gasteiger partial charge in [0.25, 0.3) is 0 Å². The zero-order valence-electron chi connectivity index (χ0n) is 15.5. The van der Waals surface area contributed by atoms with Gasteiger partial charge in [-0.2, -0.15) is 4.98 Å². The first kappa shape index (κ1) is 18.4. The first-order valence-corrected chi connectivity index (χ1v) is 9.39. The summed E-state index contributed by atoms with van der Waals surface area (Å²) in [5.74, 6) is 2.15. The molecule has 1 aromatic rings. The zero-order chi connectivity index (χ0) is 17.6. The molecule has 2 aliphatic rings. The van der Waals surface area contributed by atoms with Gasteiger partial charge in [-0.15, -0.1) is 0 Å². The molecule has 25 heavy (non-hydrogen) atoms. The van der Waals surface area contributed by atoms with Crippen molar-refractivity contribution in [2.45, 2.75) is 25.9 Å². The largest absolute Gasteiger partial charge is 0.481 e. The molecule has 0 aliphatic carbocycles. The second-order valence-electron chi connectivity index (χ2n) is 7.32. The van der Waals surface area contributed by atoms with E-state index in [1.807, 2.05) is 0 Å². The van der Waals surface area contributed by atoms with E-state index in [0.29, 0.717) is 5.88 Å². The Labute approximate surface area is 150 Å². The number of aromatic nitrogens is 2. The van der Waals surface area contributed by atoms with Crippen molar-refractivity contribution in [3.05, 3.63) is 12.3 Å². The number of methoxy groups -OCH3 is 1. The number of nitrogens with zero attached hydrogens (tertiary/aromatic N) is 5. The van der Waals surface area contributed by atoms with E-state index in [0.717, 1.165) is 64.2 Å². The van der Waals surface area contributed by atoms with Crippen LogP contribution in [0.3, 0.4) is 0 Å². The maximum absolute atomic E-state index is 10.4. The number of β-amino-alcohol motifs (C(OH)–C–C–N with tert-alkyl or cyclic N) is 1. The van der Waals surface area contributed by atoms with Crippen LogP contribution in [0.25, 0.3) is 0 Å². The Morgan fingerprint density at radius 1 is 1.12 bits per heavy atom. The summed E-state index contributed by atoms with van der Waals surface area (Å²) >= 11 is 0. The third-order valence-electron chi connectivity index (χ3n) is 5.30. The summed E-state index contributed by atoms with van der Waals surface area (Å²) in [4.78, 5) is 15.7. The molecule has 3 rings (SSSR count). The smallest absolute Gasteiger partial charge is 0.228 e. The number of rotatable bonds is 6. The van der Waals surface area contributed by atoms with Crippen molar-refractivity contribution in [1.82, 2.24) is 19.8 Å². The monoisotopic (exact) mass is 349 g/mol. The van der Waals surface area contributed by atoms with Crippen molar-refractivity contribution in [3.8, 4) is 5.88 Å². The molecule has 1 unspecified atom stereocenters. The maximum Gasteiger partial charge on any atom is 0.228 e. The van der Waals surface area contributed by atoms with Gasteiger partial charge in [-0.1, -0.05) is 6.92 Å². The Hall–Kier alpha value is -1.44. The predicted molar refractivity (Wildman–Crippen MR) is 98.1 cm³/mol. The van der Waals surface area contributed by atoms with Gasteiger partial charge in [0, 0.05) is 51.5 Å². The molecule has 7 nitrogen and oxygen atoms in total. The lowest BCUT2D eigenvalue weighted by Gasteiger charge is -2.37. The standard InChI is InChI=1S/C18H31N5O2/c1-15-4-7-21(8-5-15)13-16(24)14-22-9-11-23(12-10-22)18-19-6-3-17(20-18)25-2/h3,6,15-16,24H,4-5,7-14H2,1-2H3. The predicted octanol–water partition coefficient (Wildman–Crippen LogP) is 0.700. The summed E-state index contributed by atoms with van der Waals surface area (Å²) in [6.45, 7) is 9.72. The average Bonchev–Trinajstić information content (AvgIpc) is 2.64. The minimum Gasteiger partial charge on any atom is -0.481 e. The summed E-state index contributed by atoms with van der Waals surface area (Å²) in [5.41, 5.74) is 0. The van der Waals surface area contributed by atoms with Crippen LogP contribution >= 0.6 is 0 Å². The topological polar surface area (TPSA) is 65.0 Å². The van der Waals surface area contributed by atoms with Crippen molar-refractivity contribution < 1.29 is 9.84 Å². The van der Waals surface area contributed by atoms with E-state index < -0.39 is 0 Å². The fraction of sp³-hybridized carbons (Fsp3) is 0.778. The molecule has 1 aromatic heterocycles. The average molecular weight is 349 g/mol. The molecule has 2 fully saturated rings. The lowest BCUT2D eigenvalue weighted by molar-refractivity contribution is 0.0596. The molecule has 0 radical (unpaired) electrons. The van der Waals surface area contributed by atoms with E-state index in [1.54, 1.807) is 19.4 Å². The molecule has 7 heteroatoms. The zero-order valence-corrected chi connectivity index (χ0v) is 15.5. The van der Waals surface area contributed by atoms with Crippen molar-refractivity contribution in [1.29, 1.82) is 0 Å². The normalized spacial score (nSPS) is 22.1. The van der Waals surface area contributed by atoms with Crippen LogP contribution in [-0.2, 0) is 0 Å². The van der Waals surface area contributed by atoms with E-state index in [2.05, 4.69) is 31.6 Å². The van der Waals surface area contributed by atoms with Crippen molar-refractivity contribution in [2.24, 2.45) is 5.92 Å². The SMILES string of the molecule is COc1ccnc(N2CCN(CC(O)CN3CCC(C)CC3)CC2)n1. The van der Waals surface area contributed by atoms with Gasteiger partial charge in [-0.3, -0.25) is 4.90 Å². The molecule has 140 valence electrons. The van der Waals surface area contributed by atoms with E-state index in [-0.39, 0.29) is 6.10 Å². The highest BCUT2D eigenvalue weighted by Crippen LogP contribution is 2.17. The van der Waals surface area contributed by atoms with Gasteiger partial charge in [0.1, 0.15) is 0 Å². The van der Waals surface area contributed by atoms with Crippen LogP contribution in [-0.4, -0.2) is 90.4 Å². The third kappa shape index (κ3) is 5.26. The fourth-order valence-electron chi connectivity index (χ4n) is 3.63. The molecular formula is C18H31N5O2. The summed E-state index contributed by atoms with van der Waals surface area (Å²) in [7, 11) is 1.62. The third-order valence-corrected chi connectivity index (χ3v) is 5.30. The first-order valence-electron chi connectivity index (χ1n) is 9.39. The van der Waals surface area contributed by atoms with Crippen LogP contribution in [0.2, 0.25) is 0 Å². The highest BCUT2D eigenvalue weighted by Gasteiger charge is 2.23. The van der Waals surface area contributed by atoms with Crippen LogP contribution in [0.5, 0.6) is 5.88 Å². The summed E-state index contributed by atoms with van der Waals surface area (Å²) in [6, 6.07) is 1.76. The van der Waals surface area contributed by atoms with Crippen LogP contribution in [0.4, 0.5) is 5.95 Å². The van der Waals surface area contributed by atoms with Crippen molar-refractivity contribution >= 4 is 5.95 Å². The molecule has 3 heterocycles. The first-order chi connectivity index (χ1) is 12.1. The number of piperazine rings is 1. The number of likely N-dealkylation sites (tertiary alicyclic amines) is 1. The van der Waals surface area contributed by atoms with Gasteiger partial charge in [0.2, 0.25) is 11.8 Å². The summed E-state index contributed by atoms with van der Waals surface area (Å²) in [5, 5.41) is 10.4. The molecule has 0 saturated carbocycles. The number of hydrogen-bond acceptors (Lipinski definition) is 7. The van der Waals surface area contributed by atoms with E-state index in [4.69, 9.17) is 4.74 Å². The quantitative estimate of drug-likeness (QED) is 0.811. The molecule has 0 bridgehead atoms. The Balaban J connectivity index is 1.41. The number of piperidine rings is 1.